The zero-order valence-corrected chi connectivity index (χ0v) is 15.6. The van der Waals surface area contributed by atoms with Crippen LogP contribution in [0.25, 0.3) is 11.3 Å². The molecule has 0 fully saturated rings. The molecule has 2 atom stereocenters. The number of rotatable bonds is 4. The Hall–Kier alpha value is -3.61. The van der Waals surface area contributed by atoms with E-state index in [0.717, 1.165) is 22.6 Å². The monoisotopic (exact) mass is 389 g/mol. The highest BCUT2D eigenvalue weighted by atomic mass is 16.6. The largest absolute Gasteiger partial charge is 0.487 e. The van der Waals surface area contributed by atoms with Crippen molar-refractivity contribution in [3.8, 4) is 28.5 Å². The van der Waals surface area contributed by atoms with Gasteiger partial charge in [-0.25, -0.2) is 0 Å². The van der Waals surface area contributed by atoms with Gasteiger partial charge in [-0.05, 0) is 23.8 Å². The minimum Gasteiger partial charge on any atom is -0.487 e. The van der Waals surface area contributed by atoms with E-state index in [9.17, 15) is 4.79 Å². The van der Waals surface area contributed by atoms with Crippen molar-refractivity contribution >= 4 is 5.91 Å². The molecule has 2 aliphatic rings. The van der Waals surface area contributed by atoms with Gasteiger partial charge in [0, 0.05) is 24.4 Å². The molecular weight excluding hydrogens is 370 g/mol. The van der Waals surface area contributed by atoms with Crippen molar-refractivity contribution in [2.75, 3.05) is 13.2 Å². The molecule has 7 nitrogen and oxygen atoms in total. The van der Waals surface area contributed by atoms with Gasteiger partial charge in [0.25, 0.3) is 5.91 Å². The van der Waals surface area contributed by atoms with Gasteiger partial charge in [-0.15, -0.1) is 0 Å². The lowest BCUT2D eigenvalue weighted by molar-refractivity contribution is -0.130. The van der Waals surface area contributed by atoms with Crippen LogP contribution in [0.4, 0.5) is 0 Å². The fourth-order valence-electron chi connectivity index (χ4n) is 3.57. The number of carbonyl (C=O) groups is 1. The third kappa shape index (κ3) is 3.47. The van der Waals surface area contributed by atoms with Gasteiger partial charge in [-0.1, -0.05) is 24.3 Å². The number of ether oxygens (including phenoxy) is 3. The second kappa shape index (κ2) is 7.43. The van der Waals surface area contributed by atoms with Crippen LogP contribution in [-0.4, -0.2) is 41.2 Å². The molecule has 0 spiro atoms. The SMILES string of the molecule is O=C(NCC1Cc2cccc(-c3cnccn3)c2O1)C1COc2ccccc2O1. The second-order valence-electron chi connectivity index (χ2n) is 6.94. The molecule has 2 aromatic carbocycles. The number of nitrogens with one attached hydrogen (secondary N) is 1. The van der Waals surface area contributed by atoms with Crippen molar-refractivity contribution < 1.29 is 19.0 Å². The van der Waals surface area contributed by atoms with E-state index < -0.39 is 6.10 Å². The van der Waals surface area contributed by atoms with Crippen LogP contribution in [0.3, 0.4) is 0 Å². The van der Waals surface area contributed by atoms with Crippen LogP contribution in [0.1, 0.15) is 5.56 Å². The fraction of sp³-hybridized carbons (Fsp3) is 0.227. The first-order chi connectivity index (χ1) is 14.3. The summed E-state index contributed by atoms with van der Waals surface area (Å²) in [5.41, 5.74) is 2.77. The molecule has 2 aliphatic heterocycles. The number of amides is 1. The predicted octanol–water partition coefficient (Wildman–Crippen LogP) is 2.40. The summed E-state index contributed by atoms with van der Waals surface area (Å²) in [6.45, 7) is 0.570. The Balaban J connectivity index is 1.22. The van der Waals surface area contributed by atoms with Crippen LogP contribution >= 0.6 is 0 Å². The van der Waals surface area contributed by atoms with E-state index in [1.807, 2.05) is 36.4 Å². The molecule has 0 saturated heterocycles. The van der Waals surface area contributed by atoms with Crippen molar-refractivity contribution in [2.24, 2.45) is 0 Å². The fourth-order valence-corrected chi connectivity index (χ4v) is 3.57. The molecule has 0 radical (unpaired) electrons. The number of fused-ring (bicyclic) bond motifs is 2. The number of para-hydroxylation sites is 3. The van der Waals surface area contributed by atoms with E-state index in [2.05, 4.69) is 15.3 Å². The number of aromatic nitrogens is 2. The van der Waals surface area contributed by atoms with Gasteiger partial charge in [-0.3, -0.25) is 14.8 Å². The molecule has 7 heteroatoms. The smallest absolute Gasteiger partial charge is 0.264 e. The molecule has 1 amide bonds. The molecule has 1 N–H and O–H groups in total. The lowest BCUT2D eigenvalue weighted by Crippen LogP contribution is -2.46. The zero-order valence-electron chi connectivity index (χ0n) is 15.6. The minimum absolute atomic E-state index is 0.149. The Morgan fingerprint density at radius 2 is 1.97 bits per heavy atom. The highest BCUT2D eigenvalue weighted by Gasteiger charge is 2.30. The summed E-state index contributed by atoms with van der Waals surface area (Å²) in [6, 6.07) is 13.3. The van der Waals surface area contributed by atoms with Crippen LogP contribution in [-0.2, 0) is 11.2 Å². The van der Waals surface area contributed by atoms with E-state index in [-0.39, 0.29) is 18.6 Å². The molecule has 146 valence electrons. The Morgan fingerprint density at radius 1 is 1.07 bits per heavy atom. The normalized spacial score (nSPS) is 19.2. The Bertz CT molecular complexity index is 1040. The molecular formula is C22H19N3O4. The highest BCUT2D eigenvalue weighted by Crippen LogP contribution is 2.37. The zero-order chi connectivity index (χ0) is 19.6. The quantitative estimate of drug-likeness (QED) is 0.738. The number of nitrogens with zero attached hydrogens (tertiary/aromatic N) is 2. The summed E-state index contributed by atoms with van der Waals surface area (Å²) in [6.07, 6.45) is 4.90. The maximum Gasteiger partial charge on any atom is 0.264 e. The third-order valence-corrected chi connectivity index (χ3v) is 4.97. The second-order valence-corrected chi connectivity index (χ2v) is 6.94. The highest BCUT2D eigenvalue weighted by molar-refractivity contribution is 5.81. The topological polar surface area (TPSA) is 82.6 Å². The van der Waals surface area contributed by atoms with Crippen LogP contribution in [0, 0.1) is 0 Å². The summed E-state index contributed by atoms with van der Waals surface area (Å²) in [5.74, 6) is 1.83. The molecule has 0 saturated carbocycles. The van der Waals surface area contributed by atoms with E-state index in [4.69, 9.17) is 14.2 Å². The van der Waals surface area contributed by atoms with Crippen LogP contribution in [0.15, 0.2) is 61.1 Å². The van der Waals surface area contributed by atoms with Crippen molar-refractivity contribution in [3.63, 3.8) is 0 Å². The van der Waals surface area contributed by atoms with Gasteiger partial charge < -0.3 is 19.5 Å². The van der Waals surface area contributed by atoms with E-state index in [1.54, 1.807) is 24.7 Å². The maximum absolute atomic E-state index is 12.5. The standard InChI is InChI=1S/C22H19N3O4/c26-22(20-13-27-18-6-1-2-7-19(18)29-20)25-11-15-10-14-4-3-5-16(21(14)28-15)17-12-23-8-9-24-17/h1-9,12,15,20H,10-11,13H2,(H,25,26). The minimum atomic E-state index is -0.677. The average molecular weight is 389 g/mol. The molecule has 2 unspecified atom stereocenters. The Morgan fingerprint density at radius 3 is 2.83 bits per heavy atom. The Labute approximate surface area is 167 Å². The van der Waals surface area contributed by atoms with Crippen molar-refractivity contribution in [2.45, 2.75) is 18.6 Å². The van der Waals surface area contributed by atoms with Crippen molar-refractivity contribution in [1.29, 1.82) is 0 Å². The summed E-state index contributed by atoms with van der Waals surface area (Å²) < 4.78 is 17.5. The van der Waals surface area contributed by atoms with Crippen molar-refractivity contribution in [3.05, 3.63) is 66.6 Å². The van der Waals surface area contributed by atoms with E-state index >= 15 is 0 Å². The number of carbonyl (C=O) groups excluding carboxylic acids is 1. The summed E-state index contributed by atoms with van der Waals surface area (Å²) >= 11 is 0. The number of hydrogen-bond acceptors (Lipinski definition) is 6. The molecule has 3 aromatic rings. The first kappa shape index (κ1) is 17.5. The van der Waals surface area contributed by atoms with Gasteiger partial charge >= 0.3 is 0 Å². The van der Waals surface area contributed by atoms with Gasteiger partial charge in [0.15, 0.2) is 11.5 Å². The number of hydrogen-bond donors (Lipinski definition) is 1. The van der Waals surface area contributed by atoms with E-state index in [0.29, 0.717) is 24.5 Å². The van der Waals surface area contributed by atoms with Gasteiger partial charge in [-0.2, -0.15) is 0 Å². The summed E-state index contributed by atoms with van der Waals surface area (Å²) in [7, 11) is 0. The van der Waals surface area contributed by atoms with E-state index in [1.165, 1.54) is 0 Å². The molecule has 3 heterocycles. The number of benzene rings is 2. The predicted molar refractivity (Wildman–Crippen MR) is 105 cm³/mol. The summed E-state index contributed by atoms with van der Waals surface area (Å²) in [5, 5.41) is 2.92. The first-order valence-corrected chi connectivity index (χ1v) is 9.49. The Kier molecular flexibility index (Phi) is 4.48. The first-order valence-electron chi connectivity index (χ1n) is 9.49. The lowest BCUT2D eigenvalue weighted by atomic mass is 10.0. The average Bonchev–Trinajstić information content (AvgIpc) is 3.21. The van der Waals surface area contributed by atoms with Gasteiger partial charge in [0.2, 0.25) is 6.10 Å². The van der Waals surface area contributed by atoms with Crippen molar-refractivity contribution in [1.82, 2.24) is 15.3 Å². The lowest BCUT2D eigenvalue weighted by Gasteiger charge is -2.26. The maximum atomic E-state index is 12.5. The third-order valence-electron chi connectivity index (χ3n) is 4.97. The van der Waals surface area contributed by atoms with Gasteiger partial charge in [0.05, 0.1) is 18.4 Å². The molecule has 0 aliphatic carbocycles. The molecule has 0 bridgehead atoms. The summed E-state index contributed by atoms with van der Waals surface area (Å²) in [4.78, 5) is 21.0. The molecule has 29 heavy (non-hydrogen) atoms. The van der Waals surface area contributed by atoms with Crippen LogP contribution < -0.4 is 19.5 Å². The molecule has 5 rings (SSSR count). The van der Waals surface area contributed by atoms with Gasteiger partial charge in [0.1, 0.15) is 18.5 Å². The van der Waals surface area contributed by atoms with Crippen LogP contribution in [0.5, 0.6) is 17.2 Å². The molecule has 1 aromatic heterocycles. The van der Waals surface area contributed by atoms with Crippen LogP contribution in [0.2, 0.25) is 0 Å².